The van der Waals surface area contributed by atoms with Crippen molar-refractivity contribution < 1.29 is 19.0 Å². The Morgan fingerprint density at radius 2 is 1.67 bits per heavy atom. The van der Waals surface area contributed by atoms with Gasteiger partial charge in [0.15, 0.2) is 23.9 Å². The predicted octanol–water partition coefficient (Wildman–Crippen LogP) is 3.48. The first-order chi connectivity index (χ1) is 17.6. The standard InChI is InChI=1S/C26H21N5O5/c1-34-22-13-12-17(14-23(22)35-2)20-15-30(18-8-4-3-5-9-18)28-24(20)26(33)36-16-31-25(32)19-10-6-7-11-21(19)27-29-31/h3-15H,16H2,1-2H3. The molecule has 0 aliphatic heterocycles. The summed E-state index contributed by atoms with van der Waals surface area (Å²) in [6.45, 7) is -0.418. The van der Waals surface area contributed by atoms with E-state index in [-0.39, 0.29) is 5.69 Å². The number of aromatic nitrogens is 5. The molecule has 5 aromatic rings. The van der Waals surface area contributed by atoms with E-state index < -0.39 is 18.3 Å². The van der Waals surface area contributed by atoms with Crippen molar-refractivity contribution in [3.8, 4) is 28.3 Å². The number of nitrogens with zero attached hydrogens (tertiary/aromatic N) is 5. The van der Waals surface area contributed by atoms with E-state index in [9.17, 15) is 9.59 Å². The molecular formula is C26H21N5O5. The van der Waals surface area contributed by atoms with Crippen LogP contribution in [0.15, 0.2) is 83.8 Å². The van der Waals surface area contributed by atoms with Crippen LogP contribution in [0, 0.1) is 0 Å². The normalized spacial score (nSPS) is 10.8. The molecule has 180 valence electrons. The highest BCUT2D eigenvalue weighted by Crippen LogP contribution is 2.34. The fourth-order valence-corrected chi connectivity index (χ4v) is 3.75. The first-order valence-corrected chi connectivity index (χ1v) is 11.0. The molecule has 0 radical (unpaired) electrons. The van der Waals surface area contributed by atoms with Crippen molar-refractivity contribution in [1.29, 1.82) is 0 Å². The number of hydrogen-bond acceptors (Lipinski definition) is 8. The average molecular weight is 483 g/mol. The summed E-state index contributed by atoms with van der Waals surface area (Å²) >= 11 is 0. The zero-order valence-corrected chi connectivity index (χ0v) is 19.5. The van der Waals surface area contributed by atoms with Gasteiger partial charge < -0.3 is 14.2 Å². The lowest BCUT2D eigenvalue weighted by molar-refractivity contribution is 0.0329. The highest BCUT2D eigenvalue weighted by atomic mass is 16.5. The number of methoxy groups -OCH3 is 2. The van der Waals surface area contributed by atoms with Gasteiger partial charge in [-0.3, -0.25) is 4.79 Å². The minimum atomic E-state index is -0.726. The number of esters is 1. The van der Waals surface area contributed by atoms with E-state index in [0.29, 0.717) is 33.5 Å². The Kier molecular flexibility index (Phi) is 6.14. The summed E-state index contributed by atoms with van der Waals surface area (Å²) in [4.78, 5) is 25.9. The number of rotatable bonds is 7. The maximum absolute atomic E-state index is 13.2. The van der Waals surface area contributed by atoms with Gasteiger partial charge in [0, 0.05) is 11.8 Å². The molecule has 0 unspecified atom stereocenters. The Labute approximate surface area is 205 Å². The van der Waals surface area contributed by atoms with Gasteiger partial charge in [-0.25, -0.2) is 9.48 Å². The van der Waals surface area contributed by atoms with Gasteiger partial charge in [0.05, 0.1) is 25.3 Å². The molecule has 0 bridgehead atoms. The van der Waals surface area contributed by atoms with Crippen LogP contribution in [0.1, 0.15) is 10.5 Å². The summed E-state index contributed by atoms with van der Waals surface area (Å²) in [6, 6.07) is 21.5. The molecule has 5 rings (SSSR count). The molecule has 10 nitrogen and oxygen atoms in total. The number of carbonyl (C=O) groups is 1. The Morgan fingerprint density at radius 3 is 2.44 bits per heavy atom. The number of carbonyl (C=O) groups excluding carboxylic acids is 1. The third kappa shape index (κ3) is 4.27. The highest BCUT2D eigenvalue weighted by molar-refractivity contribution is 5.95. The van der Waals surface area contributed by atoms with Crippen molar-refractivity contribution in [2.75, 3.05) is 14.2 Å². The van der Waals surface area contributed by atoms with Crippen LogP contribution in [0.2, 0.25) is 0 Å². The van der Waals surface area contributed by atoms with Crippen LogP contribution in [0.5, 0.6) is 11.5 Å². The number of benzene rings is 3. The fourth-order valence-electron chi connectivity index (χ4n) is 3.75. The topological polar surface area (TPSA) is 110 Å². The van der Waals surface area contributed by atoms with Crippen LogP contribution < -0.4 is 15.0 Å². The van der Waals surface area contributed by atoms with Gasteiger partial charge in [-0.15, -0.1) is 5.10 Å². The SMILES string of the molecule is COc1ccc(-c2cn(-c3ccccc3)nc2C(=O)OCn2nnc3ccccc3c2=O)cc1OC. The van der Waals surface area contributed by atoms with Gasteiger partial charge in [0.25, 0.3) is 5.56 Å². The Hall–Kier alpha value is -4.99. The first kappa shape index (κ1) is 22.8. The minimum absolute atomic E-state index is 0.0628. The molecule has 0 atom stereocenters. The van der Waals surface area contributed by atoms with Crippen molar-refractivity contribution in [3.05, 3.63) is 95.0 Å². The number of fused-ring (bicyclic) bond motifs is 1. The molecule has 2 heterocycles. The molecule has 0 fully saturated rings. The van der Waals surface area contributed by atoms with Gasteiger partial charge in [0.2, 0.25) is 0 Å². The van der Waals surface area contributed by atoms with E-state index in [0.717, 1.165) is 10.4 Å². The van der Waals surface area contributed by atoms with Crippen LogP contribution in [-0.2, 0) is 11.5 Å². The predicted molar refractivity (Wildman–Crippen MR) is 131 cm³/mol. The van der Waals surface area contributed by atoms with Crippen molar-refractivity contribution in [1.82, 2.24) is 24.8 Å². The van der Waals surface area contributed by atoms with E-state index in [4.69, 9.17) is 14.2 Å². The first-order valence-electron chi connectivity index (χ1n) is 11.0. The van der Waals surface area contributed by atoms with E-state index in [1.807, 2.05) is 30.3 Å². The maximum Gasteiger partial charge on any atom is 0.361 e. The number of hydrogen-bond donors (Lipinski definition) is 0. The molecular weight excluding hydrogens is 462 g/mol. The minimum Gasteiger partial charge on any atom is -0.493 e. The van der Waals surface area contributed by atoms with Gasteiger partial charge in [-0.05, 0) is 42.0 Å². The van der Waals surface area contributed by atoms with Gasteiger partial charge in [-0.2, -0.15) is 9.78 Å². The van der Waals surface area contributed by atoms with Crippen LogP contribution in [0.3, 0.4) is 0 Å². The quantitative estimate of drug-likeness (QED) is 0.324. The van der Waals surface area contributed by atoms with Gasteiger partial charge in [0.1, 0.15) is 5.52 Å². The van der Waals surface area contributed by atoms with Gasteiger partial charge in [-0.1, -0.05) is 41.6 Å². The van der Waals surface area contributed by atoms with Crippen molar-refractivity contribution in [2.24, 2.45) is 0 Å². The average Bonchev–Trinajstić information content (AvgIpc) is 3.38. The third-order valence-corrected chi connectivity index (χ3v) is 5.57. The molecule has 10 heteroatoms. The molecule has 2 aromatic heterocycles. The lowest BCUT2D eigenvalue weighted by Crippen LogP contribution is -2.26. The van der Waals surface area contributed by atoms with Gasteiger partial charge >= 0.3 is 5.97 Å². The zero-order chi connectivity index (χ0) is 25.1. The molecule has 0 aliphatic rings. The van der Waals surface area contributed by atoms with Crippen LogP contribution in [0.4, 0.5) is 0 Å². The van der Waals surface area contributed by atoms with Crippen molar-refractivity contribution >= 4 is 16.9 Å². The van der Waals surface area contributed by atoms with Crippen LogP contribution in [-0.4, -0.2) is 45.0 Å². The number of ether oxygens (including phenoxy) is 3. The lowest BCUT2D eigenvalue weighted by Gasteiger charge is -2.10. The van der Waals surface area contributed by atoms with Crippen molar-refractivity contribution in [2.45, 2.75) is 6.73 Å². The molecule has 0 amide bonds. The summed E-state index contributed by atoms with van der Waals surface area (Å²) < 4.78 is 18.8. The zero-order valence-electron chi connectivity index (χ0n) is 19.5. The summed E-state index contributed by atoms with van der Waals surface area (Å²) in [7, 11) is 3.08. The smallest absolute Gasteiger partial charge is 0.361 e. The Balaban J connectivity index is 1.51. The summed E-state index contributed by atoms with van der Waals surface area (Å²) in [5.41, 5.74) is 2.06. The fraction of sp³-hybridized carbons (Fsp3) is 0.115. The second kappa shape index (κ2) is 9.71. The molecule has 36 heavy (non-hydrogen) atoms. The number of para-hydroxylation sites is 1. The maximum atomic E-state index is 13.2. The highest BCUT2D eigenvalue weighted by Gasteiger charge is 2.22. The van der Waals surface area contributed by atoms with E-state index in [2.05, 4.69) is 15.4 Å². The van der Waals surface area contributed by atoms with E-state index in [1.165, 1.54) is 7.11 Å². The molecule has 0 spiro atoms. The summed E-state index contributed by atoms with van der Waals surface area (Å²) in [5, 5.41) is 12.7. The van der Waals surface area contributed by atoms with Crippen LogP contribution >= 0.6 is 0 Å². The van der Waals surface area contributed by atoms with Crippen LogP contribution in [0.25, 0.3) is 27.7 Å². The summed E-state index contributed by atoms with van der Waals surface area (Å²) in [5.74, 6) is 0.325. The molecule has 0 saturated heterocycles. The molecule has 0 aliphatic carbocycles. The molecule has 0 N–H and O–H groups in total. The largest absolute Gasteiger partial charge is 0.493 e. The van der Waals surface area contributed by atoms with E-state index >= 15 is 0 Å². The van der Waals surface area contributed by atoms with Crippen molar-refractivity contribution in [3.63, 3.8) is 0 Å². The Bertz CT molecular complexity index is 1610. The monoisotopic (exact) mass is 483 g/mol. The molecule has 0 saturated carbocycles. The lowest BCUT2D eigenvalue weighted by atomic mass is 10.1. The second-order valence-electron chi connectivity index (χ2n) is 7.71. The Morgan fingerprint density at radius 1 is 0.917 bits per heavy atom. The van der Waals surface area contributed by atoms with E-state index in [1.54, 1.807) is 60.5 Å². The molecule has 3 aromatic carbocycles. The summed E-state index contributed by atoms with van der Waals surface area (Å²) in [6.07, 6.45) is 1.73. The third-order valence-electron chi connectivity index (χ3n) is 5.57. The second-order valence-corrected chi connectivity index (χ2v) is 7.71.